The summed E-state index contributed by atoms with van der Waals surface area (Å²) < 4.78 is 0. The SMILES string of the molecule is Nc1nnc(/C(=C/c2ccc(O)c(O)c2)c2ccccc2)s1. The van der Waals surface area contributed by atoms with Gasteiger partial charge in [0.15, 0.2) is 11.5 Å². The Bertz CT molecular complexity index is 828. The van der Waals surface area contributed by atoms with Crippen molar-refractivity contribution in [1.29, 1.82) is 0 Å². The Morgan fingerprint density at radius 2 is 1.77 bits per heavy atom. The molecule has 4 N–H and O–H groups in total. The van der Waals surface area contributed by atoms with Gasteiger partial charge in [-0.05, 0) is 29.3 Å². The van der Waals surface area contributed by atoms with Gasteiger partial charge in [-0.3, -0.25) is 0 Å². The van der Waals surface area contributed by atoms with Crippen LogP contribution in [0, 0.1) is 0 Å². The third-order valence-corrected chi connectivity index (χ3v) is 3.85. The smallest absolute Gasteiger partial charge is 0.203 e. The van der Waals surface area contributed by atoms with Crippen molar-refractivity contribution >= 4 is 28.1 Å². The van der Waals surface area contributed by atoms with E-state index in [1.54, 1.807) is 6.07 Å². The van der Waals surface area contributed by atoms with E-state index in [0.29, 0.717) is 10.1 Å². The molecule has 0 spiro atoms. The topological polar surface area (TPSA) is 92.3 Å². The Morgan fingerprint density at radius 1 is 1.00 bits per heavy atom. The zero-order valence-corrected chi connectivity index (χ0v) is 12.3. The molecule has 0 radical (unpaired) electrons. The van der Waals surface area contributed by atoms with Gasteiger partial charge in [-0.25, -0.2) is 0 Å². The van der Waals surface area contributed by atoms with Crippen molar-refractivity contribution in [2.45, 2.75) is 0 Å². The summed E-state index contributed by atoms with van der Waals surface area (Å²) in [6.07, 6.45) is 1.87. The van der Waals surface area contributed by atoms with Crippen LogP contribution in [0.3, 0.4) is 0 Å². The number of phenolic OH excluding ortho intramolecular Hbond substituents is 2. The Labute approximate surface area is 131 Å². The summed E-state index contributed by atoms with van der Waals surface area (Å²) in [7, 11) is 0. The predicted molar refractivity (Wildman–Crippen MR) is 87.5 cm³/mol. The lowest BCUT2D eigenvalue weighted by molar-refractivity contribution is 0.403. The van der Waals surface area contributed by atoms with Crippen LogP contribution >= 0.6 is 11.3 Å². The Hall–Kier alpha value is -2.86. The van der Waals surface area contributed by atoms with Crippen LogP contribution in [-0.4, -0.2) is 20.4 Å². The van der Waals surface area contributed by atoms with Gasteiger partial charge in [-0.1, -0.05) is 47.7 Å². The second-order valence-corrected chi connectivity index (χ2v) is 5.63. The third-order valence-electron chi connectivity index (χ3n) is 3.07. The highest BCUT2D eigenvalue weighted by Crippen LogP contribution is 2.31. The van der Waals surface area contributed by atoms with E-state index < -0.39 is 0 Å². The third kappa shape index (κ3) is 2.91. The molecule has 0 saturated heterocycles. The number of phenols is 2. The van der Waals surface area contributed by atoms with Crippen molar-refractivity contribution < 1.29 is 10.2 Å². The molecule has 0 aliphatic heterocycles. The molecule has 3 rings (SSSR count). The van der Waals surface area contributed by atoms with Crippen molar-refractivity contribution in [3.05, 3.63) is 64.7 Å². The minimum Gasteiger partial charge on any atom is -0.504 e. The number of rotatable bonds is 3. The number of hydrogen-bond acceptors (Lipinski definition) is 6. The zero-order chi connectivity index (χ0) is 15.5. The first-order valence-corrected chi connectivity index (χ1v) is 7.33. The maximum atomic E-state index is 9.63. The monoisotopic (exact) mass is 311 g/mol. The molecule has 1 aromatic heterocycles. The largest absolute Gasteiger partial charge is 0.504 e. The predicted octanol–water partition coefficient (Wildman–Crippen LogP) is 3.12. The molecule has 2 aromatic carbocycles. The number of aromatic nitrogens is 2. The summed E-state index contributed by atoms with van der Waals surface area (Å²) in [6, 6.07) is 14.4. The van der Waals surface area contributed by atoms with Crippen molar-refractivity contribution in [2.75, 3.05) is 5.73 Å². The summed E-state index contributed by atoms with van der Waals surface area (Å²) >= 11 is 1.29. The van der Waals surface area contributed by atoms with Gasteiger partial charge in [0.1, 0.15) is 5.01 Å². The molecule has 0 saturated carbocycles. The maximum Gasteiger partial charge on any atom is 0.203 e. The fraction of sp³-hybridized carbons (Fsp3) is 0. The summed E-state index contributed by atoms with van der Waals surface area (Å²) in [5.41, 5.74) is 8.23. The van der Waals surface area contributed by atoms with E-state index in [-0.39, 0.29) is 11.5 Å². The standard InChI is InChI=1S/C16H13N3O2S/c17-16-19-18-15(22-16)12(11-4-2-1-3-5-11)8-10-6-7-13(20)14(21)9-10/h1-9,20-21H,(H2,17,19)/b12-8+. The molecule has 0 fully saturated rings. The molecule has 0 amide bonds. The molecule has 3 aromatic rings. The fourth-order valence-electron chi connectivity index (χ4n) is 2.03. The van der Waals surface area contributed by atoms with Crippen LogP contribution in [0.5, 0.6) is 11.5 Å². The number of nitrogen functional groups attached to an aromatic ring is 1. The minimum absolute atomic E-state index is 0.154. The molecule has 0 atom stereocenters. The van der Waals surface area contributed by atoms with Gasteiger partial charge in [0.25, 0.3) is 0 Å². The quantitative estimate of drug-likeness (QED) is 0.510. The van der Waals surface area contributed by atoms with Crippen LogP contribution in [0.2, 0.25) is 0 Å². The van der Waals surface area contributed by atoms with Crippen molar-refractivity contribution in [3.63, 3.8) is 0 Å². The summed E-state index contributed by atoms with van der Waals surface area (Å²) in [6.45, 7) is 0. The molecule has 22 heavy (non-hydrogen) atoms. The van der Waals surface area contributed by atoms with E-state index in [4.69, 9.17) is 5.73 Å². The molecule has 0 unspecified atom stereocenters. The fourth-order valence-corrected chi connectivity index (χ4v) is 2.67. The van der Waals surface area contributed by atoms with Crippen molar-refractivity contribution in [1.82, 2.24) is 10.2 Å². The Kier molecular flexibility index (Phi) is 3.76. The molecular formula is C16H13N3O2S. The highest BCUT2D eigenvalue weighted by molar-refractivity contribution is 7.16. The Balaban J connectivity index is 2.12. The van der Waals surface area contributed by atoms with Crippen LogP contribution < -0.4 is 5.73 Å². The number of hydrogen-bond donors (Lipinski definition) is 3. The number of benzene rings is 2. The lowest BCUT2D eigenvalue weighted by Gasteiger charge is -2.05. The highest BCUT2D eigenvalue weighted by atomic mass is 32.1. The molecule has 0 bridgehead atoms. The number of aromatic hydroxyl groups is 2. The molecule has 110 valence electrons. The first-order valence-electron chi connectivity index (χ1n) is 6.52. The van der Waals surface area contributed by atoms with Crippen molar-refractivity contribution in [2.24, 2.45) is 0 Å². The lowest BCUT2D eigenvalue weighted by Crippen LogP contribution is -1.88. The van der Waals surface area contributed by atoms with E-state index >= 15 is 0 Å². The van der Waals surface area contributed by atoms with Crippen LogP contribution in [-0.2, 0) is 0 Å². The van der Waals surface area contributed by atoms with E-state index in [1.165, 1.54) is 23.5 Å². The van der Waals surface area contributed by atoms with E-state index in [1.807, 2.05) is 36.4 Å². The van der Waals surface area contributed by atoms with Crippen molar-refractivity contribution in [3.8, 4) is 11.5 Å². The van der Waals surface area contributed by atoms with Gasteiger partial charge < -0.3 is 15.9 Å². The Morgan fingerprint density at radius 3 is 2.41 bits per heavy atom. The van der Waals surface area contributed by atoms with Gasteiger partial charge in [0.2, 0.25) is 5.13 Å². The van der Waals surface area contributed by atoms with E-state index in [9.17, 15) is 10.2 Å². The number of nitrogens with two attached hydrogens (primary N) is 1. The van der Waals surface area contributed by atoms with Gasteiger partial charge in [-0.15, -0.1) is 10.2 Å². The number of nitrogens with zero attached hydrogens (tertiary/aromatic N) is 2. The van der Waals surface area contributed by atoms with Crippen LogP contribution in [0.15, 0.2) is 48.5 Å². The first kappa shape index (κ1) is 14.1. The second kappa shape index (κ2) is 5.87. The first-order chi connectivity index (χ1) is 10.6. The molecular weight excluding hydrogens is 298 g/mol. The number of anilines is 1. The second-order valence-electron chi connectivity index (χ2n) is 4.62. The normalized spacial score (nSPS) is 11.5. The van der Waals surface area contributed by atoms with E-state index in [2.05, 4.69) is 10.2 Å². The summed E-state index contributed by atoms with van der Waals surface area (Å²) in [4.78, 5) is 0. The van der Waals surface area contributed by atoms with Gasteiger partial charge in [-0.2, -0.15) is 0 Å². The molecule has 0 aliphatic carbocycles. The average Bonchev–Trinajstić information content (AvgIpc) is 2.95. The lowest BCUT2D eigenvalue weighted by atomic mass is 10.0. The molecule has 5 nitrogen and oxygen atoms in total. The van der Waals surface area contributed by atoms with Gasteiger partial charge in [0.05, 0.1) is 0 Å². The molecule has 0 aliphatic rings. The van der Waals surface area contributed by atoms with E-state index in [0.717, 1.165) is 16.7 Å². The summed E-state index contributed by atoms with van der Waals surface area (Å²) in [5, 5.41) is 28.1. The maximum absolute atomic E-state index is 9.63. The van der Waals surface area contributed by atoms with Gasteiger partial charge >= 0.3 is 0 Å². The van der Waals surface area contributed by atoms with Crippen LogP contribution in [0.4, 0.5) is 5.13 Å². The minimum atomic E-state index is -0.169. The zero-order valence-electron chi connectivity index (χ0n) is 11.5. The highest BCUT2D eigenvalue weighted by Gasteiger charge is 2.11. The van der Waals surface area contributed by atoms with Crippen LogP contribution in [0.1, 0.15) is 16.1 Å². The average molecular weight is 311 g/mol. The van der Waals surface area contributed by atoms with Gasteiger partial charge in [0, 0.05) is 5.57 Å². The molecule has 1 heterocycles. The summed E-state index contributed by atoms with van der Waals surface area (Å²) in [5.74, 6) is -0.323. The van der Waals surface area contributed by atoms with Crippen LogP contribution in [0.25, 0.3) is 11.6 Å². The molecule has 6 heteroatoms.